The van der Waals surface area contributed by atoms with Gasteiger partial charge in [0.1, 0.15) is 19.3 Å². The molecule has 0 saturated carbocycles. The van der Waals surface area contributed by atoms with E-state index in [1.165, 1.54) is 225 Å². The van der Waals surface area contributed by atoms with Gasteiger partial charge in [0.25, 0.3) is 0 Å². The minimum absolute atomic E-state index is 0.107. The molecule has 0 rings (SSSR count). The van der Waals surface area contributed by atoms with Crippen LogP contribution in [0.25, 0.3) is 0 Å². The number of unbranched alkanes of at least 4 members (excludes halogenated alkanes) is 45. The molecule has 0 spiro atoms. The standard InChI is InChI=1S/C80H156O17P2/c1-8-10-11-12-13-30-40-47-54-61-77(82)90-67-75(96-80(85)64-57-50-43-36-29-23-22-25-32-38-45-52-59-72(5)6)69-94-98(86,87)92-65-74(81)66-93-99(88,89)95-70-76(68-91-78(83)62-55-48-41-34-27-20-16-14-18-24-31-37-44-51-58-71(3)4)97-79(84)63-56-49-42-35-28-21-17-15-19-26-33-39-46-53-60-73(7)9-2/h71-76,81H,8-70H2,1-7H3,(H,86,87)(H,88,89)/t73?,74-,75+,76+/m0/s1. The van der Waals surface area contributed by atoms with Crippen LogP contribution in [-0.4, -0.2) is 96.7 Å². The lowest BCUT2D eigenvalue weighted by molar-refractivity contribution is -0.161. The van der Waals surface area contributed by atoms with Crippen LogP contribution in [0.2, 0.25) is 0 Å². The molecule has 0 amide bonds. The highest BCUT2D eigenvalue weighted by Gasteiger charge is 2.30. The fourth-order valence-electron chi connectivity index (χ4n) is 12.3. The topological polar surface area (TPSA) is 237 Å². The molecular weight excluding hydrogens is 1290 g/mol. The summed E-state index contributed by atoms with van der Waals surface area (Å²) >= 11 is 0. The maximum atomic E-state index is 13.1. The van der Waals surface area contributed by atoms with Crippen LogP contribution in [0.1, 0.15) is 414 Å². The van der Waals surface area contributed by atoms with Crippen molar-refractivity contribution in [2.45, 2.75) is 433 Å². The van der Waals surface area contributed by atoms with Crippen LogP contribution in [0.15, 0.2) is 0 Å². The highest BCUT2D eigenvalue weighted by Crippen LogP contribution is 2.45. The van der Waals surface area contributed by atoms with Gasteiger partial charge in [0, 0.05) is 25.7 Å². The molecule has 0 heterocycles. The zero-order valence-corrected chi connectivity index (χ0v) is 66.8. The van der Waals surface area contributed by atoms with Gasteiger partial charge in [-0.25, -0.2) is 9.13 Å². The molecule has 0 aromatic rings. The minimum atomic E-state index is -4.96. The number of aliphatic hydroxyl groups is 1. The molecule has 0 aromatic carbocycles. The molecule has 588 valence electrons. The number of hydrogen-bond acceptors (Lipinski definition) is 15. The first-order valence-electron chi connectivity index (χ1n) is 41.4. The Morgan fingerprint density at radius 2 is 0.515 bits per heavy atom. The van der Waals surface area contributed by atoms with E-state index in [1.807, 2.05) is 0 Å². The fourth-order valence-corrected chi connectivity index (χ4v) is 13.9. The molecule has 19 heteroatoms. The summed E-state index contributed by atoms with van der Waals surface area (Å²) in [6.45, 7) is 12.0. The number of aliphatic hydroxyl groups excluding tert-OH is 1. The number of phosphoric acid groups is 2. The molecule has 0 fully saturated rings. The number of hydrogen-bond donors (Lipinski definition) is 3. The number of rotatable bonds is 78. The Morgan fingerprint density at radius 3 is 0.768 bits per heavy atom. The quantitative estimate of drug-likeness (QED) is 0.0222. The van der Waals surface area contributed by atoms with Crippen LogP contribution in [-0.2, 0) is 65.4 Å². The second-order valence-electron chi connectivity index (χ2n) is 30.0. The van der Waals surface area contributed by atoms with Crippen molar-refractivity contribution in [3.8, 4) is 0 Å². The van der Waals surface area contributed by atoms with E-state index in [9.17, 15) is 43.2 Å². The smallest absolute Gasteiger partial charge is 0.462 e. The average Bonchev–Trinajstić information content (AvgIpc) is 0.958. The molecule has 0 bridgehead atoms. The second kappa shape index (κ2) is 70.4. The largest absolute Gasteiger partial charge is 0.472 e. The van der Waals surface area contributed by atoms with Crippen molar-refractivity contribution >= 4 is 39.5 Å². The van der Waals surface area contributed by atoms with Crippen LogP contribution in [0.5, 0.6) is 0 Å². The first-order valence-corrected chi connectivity index (χ1v) is 44.4. The summed E-state index contributed by atoms with van der Waals surface area (Å²) in [6, 6.07) is 0. The van der Waals surface area contributed by atoms with Gasteiger partial charge >= 0.3 is 39.5 Å². The summed E-state index contributed by atoms with van der Waals surface area (Å²) < 4.78 is 68.7. The Morgan fingerprint density at radius 1 is 0.293 bits per heavy atom. The van der Waals surface area contributed by atoms with Crippen molar-refractivity contribution in [3.63, 3.8) is 0 Å². The van der Waals surface area contributed by atoms with Crippen LogP contribution >= 0.6 is 15.6 Å². The van der Waals surface area contributed by atoms with E-state index in [0.717, 1.165) is 108 Å². The van der Waals surface area contributed by atoms with Gasteiger partial charge in [-0.05, 0) is 43.4 Å². The van der Waals surface area contributed by atoms with Crippen molar-refractivity contribution in [1.29, 1.82) is 0 Å². The summed E-state index contributed by atoms with van der Waals surface area (Å²) in [5.41, 5.74) is 0. The maximum absolute atomic E-state index is 13.1. The lowest BCUT2D eigenvalue weighted by Crippen LogP contribution is -2.30. The number of esters is 4. The highest BCUT2D eigenvalue weighted by molar-refractivity contribution is 7.47. The van der Waals surface area contributed by atoms with Gasteiger partial charge in [-0.1, -0.05) is 363 Å². The van der Waals surface area contributed by atoms with Crippen LogP contribution < -0.4 is 0 Å². The molecular formula is C80H156O17P2. The Balaban J connectivity index is 5.23. The molecule has 17 nitrogen and oxygen atoms in total. The zero-order chi connectivity index (χ0) is 73.0. The average molecular weight is 1450 g/mol. The Bertz CT molecular complexity index is 1920. The predicted octanol–water partition coefficient (Wildman–Crippen LogP) is 23.7. The van der Waals surface area contributed by atoms with Crippen molar-refractivity contribution in [2.24, 2.45) is 17.8 Å². The Hall–Kier alpha value is -1.94. The predicted molar refractivity (Wildman–Crippen MR) is 405 cm³/mol. The van der Waals surface area contributed by atoms with Crippen LogP contribution in [0.3, 0.4) is 0 Å². The van der Waals surface area contributed by atoms with E-state index in [0.29, 0.717) is 25.7 Å². The van der Waals surface area contributed by atoms with Gasteiger partial charge in [-0.15, -0.1) is 0 Å². The van der Waals surface area contributed by atoms with Crippen molar-refractivity contribution < 1.29 is 80.2 Å². The SMILES string of the molecule is CCCCCCCCCCCC(=O)OC[C@H](COP(=O)(O)OC[C@H](O)COP(=O)(O)OC[C@@H](COC(=O)CCCCCCCCCCCCCCCCC(C)C)OC(=O)CCCCCCCCCCCCCCCCC(C)CC)OC(=O)CCCCCCCCCCCCCCC(C)C. The van der Waals surface area contributed by atoms with Crippen LogP contribution in [0.4, 0.5) is 0 Å². The van der Waals surface area contributed by atoms with E-state index in [1.54, 1.807) is 0 Å². The number of carbonyl (C=O) groups excluding carboxylic acids is 4. The Kier molecular flexibility index (Phi) is 69.0. The summed E-state index contributed by atoms with van der Waals surface area (Å²) in [4.78, 5) is 73.0. The highest BCUT2D eigenvalue weighted by atomic mass is 31.2. The molecule has 0 radical (unpaired) electrons. The van der Waals surface area contributed by atoms with E-state index < -0.39 is 97.5 Å². The van der Waals surface area contributed by atoms with E-state index >= 15 is 0 Å². The normalized spacial score (nSPS) is 14.3. The van der Waals surface area contributed by atoms with Gasteiger partial charge < -0.3 is 33.8 Å². The molecule has 3 unspecified atom stereocenters. The third-order valence-electron chi connectivity index (χ3n) is 19.0. The molecule has 0 aliphatic heterocycles. The molecule has 3 N–H and O–H groups in total. The van der Waals surface area contributed by atoms with Crippen molar-refractivity contribution in [3.05, 3.63) is 0 Å². The summed E-state index contributed by atoms with van der Waals surface area (Å²) in [5.74, 6) is 0.310. The van der Waals surface area contributed by atoms with Gasteiger partial charge in [0.05, 0.1) is 26.4 Å². The number of phosphoric ester groups is 2. The van der Waals surface area contributed by atoms with Crippen molar-refractivity contribution in [2.75, 3.05) is 39.6 Å². The molecule has 0 aliphatic rings. The van der Waals surface area contributed by atoms with E-state index in [4.69, 9.17) is 37.0 Å². The van der Waals surface area contributed by atoms with Gasteiger partial charge in [-0.3, -0.25) is 37.3 Å². The molecule has 0 aromatic heterocycles. The lowest BCUT2D eigenvalue weighted by Gasteiger charge is -2.21. The summed E-state index contributed by atoms with van der Waals surface area (Å²) in [6.07, 6.45) is 58.1. The number of carbonyl (C=O) groups is 4. The van der Waals surface area contributed by atoms with E-state index in [-0.39, 0.29) is 25.7 Å². The van der Waals surface area contributed by atoms with E-state index in [2.05, 4.69) is 48.5 Å². The molecule has 99 heavy (non-hydrogen) atoms. The Labute approximate surface area is 607 Å². The third-order valence-corrected chi connectivity index (χ3v) is 20.9. The van der Waals surface area contributed by atoms with Gasteiger partial charge in [0.15, 0.2) is 12.2 Å². The van der Waals surface area contributed by atoms with Crippen molar-refractivity contribution in [1.82, 2.24) is 0 Å². The van der Waals surface area contributed by atoms with Crippen LogP contribution in [0, 0.1) is 17.8 Å². The molecule has 6 atom stereocenters. The third kappa shape index (κ3) is 72.8. The fraction of sp³-hybridized carbons (Fsp3) is 0.950. The number of ether oxygens (including phenoxy) is 4. The second-order valence-corrected chi connectivity index (χ2v) is 32.9. The summed E-state index contributed by atoms with van der Waals surface area (Å²) in [5, 5.41) is 10.6. The monoisotopic (exact) mass is 1450 g/mol. The molecule has 0 aliphatic carbocycles. The maximum Gasteiger partial charge on any atom is 0.472 e. The first kappa shape index (κ1) is 97.1. The van der Waals surface area contributed by atoms with Gasteiger partial charge in [-0.2, -0.15) is 0 Å². The summed E-state index contributed by atoms with van der Waals surface area (Å²) in [7, 11) is -9.92. The first-order chi connectivity index (χ1) is 47.8. The zero-order valence-electron chi connectivity index (χ0n) is 65.0. The minimum Gasteiger partial charge on any atom is -0.462 e. The van der Waals surface area contributed by atoms with Gasteiger partial charge in [0.2, 0.25) is 0 Å². The molecule has 0 saturated heterocycles. The lowest BCUT2D eigenvalue weighted by atomic mass is 9.99.